The van der Waals surface area contributed by atoms with Crippen LogP contribution < -0.4 is 0 Å². The molecule has 4 heteroatoms. The predicted octanol–water partition coefficient (Wildman–Crippen LogP) is 3.41. The van der Waals surface area contributed by atoms with Gasteiger partial charge in [-0.15, -0.1) is 11.6 Å². The second-order valence-electron chi connectivity index (χ2n) is 4.72. The summed E-state index contributed by atoms with van der Waals surface area (Å²) in [6.45, 7) is 3.99. The van der Waals surface area contributed by atoms with E-state index in [2.05, 4.69) is 11.8 Å². The largest absolute Gasteiger partial charge is 0.298 e. The third-order valence-corrected chi connectivity index (χ3v) is 3.98. The quantitative estimate of drug-likeness (QED) is 0.736. The molecule has 1 fully saturated rings. The molecule has 0 radical (unpaired) electrons. The van der Waals surface area contributed by atoms with Crippen LogP contribution in [0.3, 0.4) is 0 Å². The summed E-state index contributed by atoms with van der Waals surface area (Å²) in [5.41, 5.74) is 0.160. The lowest BCUT2D eigenvalue weighted by Gasteiger charge is -2.34. The van der Waals surface area contributed by atoms with E-state index in [1.807, 2.05) is 0 Å². The summed E-state index contributed by atoms with van der Waals surface area (Å²) in [5.74, 6) is -0.573. The van der Waals surface area contributed by atoms with Crippen molar-refractivity contribution < 1.29 is 8.78 Å². The molecule has 0 spiro atoms. The third kappa shape index (κ3) is 2.96. The van der Waals surface area contributed by atoms with E-state index in [0.29, 0.717) is 12.5 Å². The first kappa shape index (κ1) is 12.8. The molecule has 2 unspecified atom stereocenters. The molecular formula is C13H16ClF2N. The summed E-state index contributed by atoms with van der Waals surface area (Å²) in [6.07, 6.45) is 0.874. The molecule has 1 saturated heterocycles. The lowest BCUT2D eigenvalue weighted by atomic mass is 9.99. The minimum atomic E-state index is -0.467. The maximum absolute atomic E-state index is 13.5. The normalized spacial score (nSPS) is 26.1. The molecule has 0 aromatic heterocycles. The van der Waals surface area contributed by atoms with Gasteiger partial charge < -0.3 is 0 Å². The first-order chi connectivity index (χ1) is 8.08. The highest BCUT2D eigenvalue weighted by Crippen LogP contribution is 2.24. The molecule has 0 aliphatic carbocycles. The van der Waals surface area contributed by atoms with E-state index in [4.69, 9.17) is 11.6 Å². The molecule has 0 N–H and O–H groups in total. The number of hydrogen-bond donors (Lipinski definition) is 0. The summed E-state index contributed by atoms with van der Waals surface area (Å²) in [4.78, 5) is 2.06. The number of rotatable bonds is 2. The van der Waals surface area contributed by atoms with E-state index in [1.54, 1.807) is 0 Å². The van der Waals surface area contributed by atoms with Gasteiger partial charge in [0.25, 0.3) is 0 Å². The number of benzene rings is 1. The predicted molar refractivity (Wildman–Crippen MR) is 65.1 cm³/mol. The maximum Gasteiger partial charge on any atom is 0.130 e. The molecule has 1 aliphatic rings. The van der Waals surface area contributed by atoms with Gasteiger partial charge in [0.1, 0.15) is 11.6 Å². The topological polar surface area (TPSA) is 3.24 Å². The Kier molecular flexibility index (Phi) is 4.00. The second kappa shape index (κ2) is 5.32. The van der Waals surface area contributed by atoms with Gasteiger partial charge in [-0.1, -0.05) is 13.0 Å². The van der Waals surface area contributed by atoms with Gasteiger partial charge >= 0.3 is 0 Å². The van der Waals surface area contributed by atoms with Gasteiger partial charge in [0, 0.05) is 24.0 Å². The van der Waals surface area contributed by atoms with Crippen LogP contribution in [0, 0.1) is 17.6 Å². The molecule has 1 aromatic rings. The van der Waals surface area contributed by atoms with Crippen molar-refractivity contribution in [3.8, 4) is 0 Å². The van der Waals surface area contributed by atoms with Crippen molar-refractivity contribution >= 4 is 11.6 Å². The lowest BCUT2D eigenvalue weighted by molar-refractivity contribution is 0.176. The Morgan fingerprint density at radius 1 is 1.35 bits per heavy atom. The molecule has 1 aliphatic heterocycles. The summed E-state index contributed by atoms with van der Waals surface area (Å²) in [5, 5.41) is 0.178. The van der Waals surface area contributed by atoms with Crippen molar-refractivity contribution in [2.24, 2.45) is 5.92 Å². The second-order valence-corrected chi connectivity index (χ2v) is 5.28. The van der Waals surface area contributed by atoms with Crippen LogP contribution in [0.1, 0.15) is 18.9 Å². The van der Waals surface area contributed by atoms with E-state index >= 15 is 0 Å². The zero-order valence-electron chi connectivity index (χ0n) is 9.80. The number of halogens is 3. The zero-order chi connectivity index (χ0) is 12.4. The first-order valence-corrected chi connectivity index (χ1v) is 6.31. The Morgan fingerprint density at radius 2 is 2.00 bits per heavy atom. The van der Waals surface area contributed by atoms with Gasteiger partial charge in [0.15, 0.2) is 0 Å². The highest BCUT2D eigenvalue weighted by Gasteiger charge is 2.25. The van der Waals surface area contributed by atoms with Crippen LogP contribution in [0.5, 0.6) is 0 Å². The summed E-state index contributed by atoms with van der Waals surface area (Å²) in [6, 6.07) is 3.99. The molecule has 1 aromatic carbocycles. The maximum atomic E-state index is 13.5. The Bertz CT molecular complexity index is 377. The van der Waals surface area contributed by atoms with Crippen molar-refractivity contribution in [2.75, 3.05) is 13.1 Å². The number of nitrogens with zero attached hydrogens (tertiary/aromatic N) is 1. The van der Waals surface area contributed by atoms with E-state index < -0.39 is 11.6 Å². The molecule has 0 amide bonds. The smallest absolute Gasteiger partial charge is 0.130 e. The number of hydrogen-bond acceptors (Lipinski definition) is 1. The van der Waals surface area contributed by atoms with Crippen molar-refractivity contribution in [1.82, 2.24) is 4.90 Å². The van der Waals surface area contributed by atoms with Crippen LogP contribution in [-0.2, 0) is 6.54 Å². The summed E-state index contributed by atoms with van der Waals surface area (Å²) >= 11 is 6.12. The van der Waals surface area contributed by atoms with Crippen LogP contribution in [0.4, 0.5) is 8.78 Å². The Balaban J connectivity index is 2.06. The number of likely N-dealkylation sites (tertiary alicyclic amines) is 1. The molecule has 17 heavy (non-hydrogen) atoms. The van der Waals surface area contributed by atoms with E-state index in [-0.39, 0.29) is 10.9 Å². The van der Waals surface area contributed by atoms with Crippen LogP contribution in [0.25, 0.3) is 0 Å². The fraction of sp³-hybridized carbons (Fsp3) is 0.538. The highest BCUT2D eigenvalue weighted by atomic mass is 35.5. The number of piperidine rings is 1. The standard InChI is InChI=1S/C13H16ClF2N/c1-9-7-17(6-5-11(9)14)8-10-12(15)3-2-4-13(10)16/h2-4,9,11H,5-8H2,1H3. The SMILES string of the molecule is CC1CN(Cc2c(F)cccc2F)CCC1Cl. The van der Waals surface area contributed by atoms with Gasteiger partial charge in [-0.2, -0.15) is 0 Å². The van der Waals surface area contributed by atoms with Gasteiger partial charge in [0.05, 0.1) is 0 Å². The fourth-order valence-corrected chi connectivity index (χ4v) is 2.43. The monoisotopic (exact) mass is 259 g/mol. The molecule has 1 heterocycles. The molecule has 2 rings (SSSR count). The minimum absolute atomic E-state index is 0.160. The van der Waals surface area contributed by atoms with Crippen molar-refractivity contribution in [1.29, 1.82) is 0 Å². The van der Waals surface area contributed by atoms with Gasteiger partial charge in [-0.25, -0.2) is 8.78 Å². The van der Waals surface area contributed by atoms with Crippen LogP contribution >= 0.6 is 11.6 Å². The summed E-state index contributed by atoms with van der Waals surface area (Å²) in [7, 11) is 0. The van der Waals surface area contributed by atoms with Gasteiger partial charge in [-0.3, -0.25) is 4.90 Å². The molecule has 94 valence electrons. The zero-order valence-corrected chi connectivity index (χ0v) is 10.6. The van der Waals surface area contributed by atoms with Crippen molar-refractivity contribution in [2.45, 2.75) is 25.3 Å². The van der Waals surface area contributed by atoms with Crippen LogP contribution in [-0.4, -0.2) is 23.4 Å². The summed E-state index contributed by atoms with van der Waals surface area (Å²) < 4.78 is 27.0. The number of alkyl halides is 1. The Morgan fingerprint density at radius 3 is 2.59 bits per heavy atom. The lowest BCUT2D eigenvalue weighted by Crippen LogP contribution is -2.39. The molecule has 0 bridgehead atoms. The fourth-order valence-electron chi connectivity index (χ4n) is 2.25. The van der Waals surface area contributed by atoms with E-state index in [1.165, 1.54) is 18.2 Å². The van der Waals surface area contributed by atoms with Crippen LogP contribution in [0.2, 0.25) is 0 Å². The average molecular weight is 260 g/mol. The van der Waals surface area contributed by atoms with Crippen molar-refractivity contribution in [3.05, 3.63) is 35.4 Å². The minimum Gasteiger partial charge on any atom is -0.298 e. The van der Waals surface area contributed by atoms with Crippen molar-refractivity contribution in [3.63, 3.8) is 0 Å². The Labute approximate surface area is 105 Å². The van der Waals surface area contributed by atoms with E-state index in [9.17, 15) is 8.78 Å². The first-order valence-electron chi connectivity index (χ1n) is 5.87. The highest BCUT2D eigenvalue weighted by molar-refractivity contribution is 6.20. The van der Waals surface area contributed by atoms with Gasteiger partial charge in [0.2, 0.25) is 0 Å². The van der Waals surface area contributed by atoms with Gasteiger partial charge in [-0.05, 0) is 31.0 Å². The Hall–Kier alpha value is -0.670. The third-order valence-electron chi connectivity index (χ3n) is 3.33. The molecular weight excluding hydrogens is 244 g/mol. The average Bonchev–Trinajstić information content (AvgIpc) is 2.28. The molecule has 1 nitrogen and oxygen atoms in total. The molecule has 2 atom stereocenters. The van der Waals surface area contributed by atoms with Crippen LogP contribution in [0.15, 0.2) is 18.2 Å². The van der Waals surface area contributed by atoms with E-state index in [0.717, 1.165) is 19.5 Å². The molecule has 0 saturated carbocycles.